The summed E-state index contributed by atoms with van der Waals surface area (Å²) in [5.41, 5.74) is 1.02. The predicted octanol–water partition coefficient (Wildman–Crippen LogP) is 2.86. The maximum Gasteiger partial charge on any atom is 0.347 e. The molecular weight excluding hydrogens is 368 g/mol. The molecule has 1 atom stereocenters. The van der Waals surface area contributed by atoms with Gasteiger partial charge in [0.15, 0.2) is 12.7 Å². The van der Waals surface area contributed by atoms with Crippen molar-refractivity contribution in [3.8, 4) is 11.5 Å². The average Bonchev–Trinajstić information content (AvgIpc) is 2.66. The molecule has 0 saturated carbocycles. The Morgan fingerprint density at radius 1 is 1.21 bits per heavy atom. The summed E-state index contributed by atoms with van der Waals surface area (Å²) in [6.07, 6.45) is -0.900. The Balaban J connectivity index is 1.89. The number of nitrogens with zero attached hydrogens (tertiary/aromatic N) is 1. The third kappa shape index (κ3) is 5.70. The molecule has 2 rings (SSSR count). The molecule has 28 heavy (non-hydrogen) atoms. The number of nitrogens with one attached hydrogen (secondary N) is 1. The molecule has 0 aliphatic carbocycles. The van der Waals surface area contributed by atoms with Crippen molar-refractivity contribution in [2.45, 2.75) is 20.0 Å². The summed E-state index contributed by atoms with van der Waals surface area (Å²) >= 11 is 0. The summed E-state index contributed by atoms with van der Waals surface area (Å²) in [6, 6.07) is 10.9. The number of carbonyl (C=O) groups is 2. The van der Waals surface area contributed by atoms with E-state index in [9.17, 15) is 19.7 Å². The van der Waals surface area contributed by atoms with Crippen molar-refractivity contribution in [1.29, 1.82) is 0 Å². The van der Waals surface area contributed by atoms with E-state index in [1.165, 1.54) is 32.2 Å². The summed E-state index contributed by atoms with van der Waals surface area (Å²) in [4.78, 5) is 34.2. The molecule has 0 bridgehead atoms. The van der Waals surface area contributed by atoms with Crippen molar-refractivity contribution in [1.82, 2.24) is 0 Å². The zero-order valence-electron chi connectivity index (χ0n) is 15.6. The fourth-order valence-electron chi connectivity index (χ4n) is 2.28. The average molecular weight is 388 g/mol. The minimum absolute atomic E-state index is 0.116. The molecular formula is C19H20N2O7. The van der Waals surface area contributed by atoms with Crippen molar-refractivity contribution < 1.29 is 28.7 Å². The topological polar surface area (TPSA) is 117 Å². The fourth-order valence-corrected chi connectivity index (χ4v) is 2.28. The number of aryl methyl sites for hydroxylation is 1. The highest BCUT2D eigenvalue weighted by atomic mass is 16.6. The van der Waals surface area contributed by atoms with Crippen LogP contribution in [0.3, 0.4) is 0 Å². The van der Waals surface area contributed by atoms with Gasteiger partial charge in [-0.05, 0) is 37.6 Å². The summed E-state index contributed by atoms with van der Waals surface area (Å²) in [5.74, 6) is -0.690. The van der Waals surface area contributed by atoms with E-state index in [1.54, 1.807) is 18.2 Å². The number of rotatable bonds is 8. The number of carbonyl (C=O) groups excluding carboxylic acids is 2. The second-order valence-corrected chi connectivity index (χ2v) is 5.87. The van der Waals surface area contributed by atoms with Crippen LogP contribution in [0.5, 0.6) is 11.5 Å². The Hall–Kier alpha value is -3.62. The molecule has 0 radical (unpaired) electrons. The largest absolute Gasteiger partial charge is 0.494 e. The van der Waals surface area contributed by atoms with E-state index in [0.717, 1.165) is 5.56 Å². The number of hydrogen-bond acceptors (Lipinski definition) is 7. The van der Waals surface area contributed by atoms with Crippen LogP contribution in [0, 0.1) is 17.0 Å². The third-order valence-electron chi connectivity index (χ3n) is 3.65. The van der Waals surface area contributed by atoms with E-state index in [1.807, 2.05) is 13.0 Å². The SMILES string of the molecule is COc1cc([N+](=O)[O-])ccc1NC(=O)COC(=O)[C@@H](C)Oc1cccc(C)c1. The van der Waals surface area contributed by atoms with Gasteiger partial charge < -0.3 is 19.5 Å². The maximum absolute atomic E-state index is 12.0. The summed E-state index contributed by atoms with van der Waals surface area (Å²) in [6.45, 7) is 2.87. The number of methoxy groups -OCH3 is 1. The number of benzene rings is 2. The van der Waals surface area contributed by atoms with E-state index in [0.29, 0.717) is 5.75 Å². The molecule has 0 unspecified atom stereocenters. The van der Waals surface area contributed by atoms with Crippen LogP contribution in [0.25, 0.3) is 0 Å². The normalized spacial score (nSPS) is 11.2. The van der Waals surface area contributed by atoms with Crippen LogP contribution in [0.1, 0.15) is 12.5 Å². The molecule has 1 N–H and O–H groups in total. The Labute approximate surface area is 161 Å². The lowest BCUT2D eigenvalue weighted by Gasteiger charge is -2.14. The molecule has 9 nitrogen and oxygen atoms in total. The molecule has 0 aromatic heterocycles. The quantitative estimate of drug-likeness (QED) is 0.420. The second kappa shape index (κ2) is 9.36. The summed E-state index contributed by atoms with van der Waals surface area (Å²) < 4.78 is 15.5. The first-order chi connectivity index (χ1) is 13.3. The highest BCUT2D eigenvalue weighted by Gasteiger charge is 2.19. The van der Waals surface area contributed by atoms with Gasteiger partial charge in [0.2, 0.25) is 0 Å². The van der Waals surface area contributed by atoms with Crippen LogP contribution in [-0.2, 0) is 14.3 Å². The molecule has 0 heterocycles. The van der Waals surface area contributed by atoms with E-state index < -0.39 is 29.5 Å². The number of nitro groups is 1. The Morgan fingerprint density at radius 3 is 2.61 bits per heavy atom. The van der Waals surface area contributed by atoms with Gasteiger partial charge in [0, 0.05) is 6.07 Å². The zero-order chi connectivity index (χ0) is 20.7. The van der Waals surface area contributed by atoms with Crippen molar-refractivity contribution in [3.05, 3.63) is 58.1 Å². The van der Waals surface area contributed by atoms with Gasteiger partial charge in [0.05, 0.1) is 23.8 Å². The monoisotopic (exact) mass is 388 g/mol. The number of non-ortho nitro benzene ring substituents is 1. The van der Waals surface area contributed by atoms with Crippen molar-refractivity contribution in [2.24, 2.45) is 0 Å². The number of esters is 1. The van der Waals surface area contributed by atoms with E-state index >= 15 is 0 Å². The zero-order valence-corrected chi connectivity index (χ0v) is 15.6. The van der Waals surface area contributed by atoms with Gasteiger partial charge >= 0.3 is 5.97 Å². The molecule has 9 heteroatoms. The molecule has 148 valence electrons. The smallest absolute Gasteiger partial charge is 0.347 e. The first-order valence-electron chi connectivity index (χ1n) is 8.32. The van der Waals surface area contributed by atoms with Crippen LogP contribution in [0.4, 0.5) is 11.4 Å². The second-order valence-electron chi connectivity index (χ2n) is 5.87. The highest BCUT2D eigenvalue weighted by Crippen LogP contribution is 2.28. The Kier molecular flexibility index (Phi) is 6.91. The van der Waals surface area contributed by atoms with Gasteiger partial charge in [-0.1, -0.05) is 12.1 Å². The Bertz CT molecular complexity index is 882. The number of hydrogen-bond donors (Lipinski definition) is 1. The minimum atomic E-state index is -0.900. The Morgan fingerprint density at radius 2 is 1.96 bits per heavy atom. The van der Waals surface area contributed by atoms with Gasteiger partial charge in [-0.3, -0.25) is 14.9 Å². The van der Waals surface area contributed by atoms with Crippen LogP contribution >= 0.6 is 0 Å². The molecule has 0 saturated heterocycles. The predicted molar refractivity (Wildman–Crippen MR) is 101 cm³/mol. The van der Waals surface area contributed by atoms with E-state index in [2.05, 4.69) is 5.32 Å². The van der Waals surface area contributed by atoms with E-state index in [-0.39, 0.29) is 17.1 Å². The van der Waals surface area contributed by atoms with Gasteiger partial charge in [0.25, 0.3) is 11.6 Å². The van der Waals surface area contributed by atoms with Crippen LogP contribution in [0.15, 0.2) is 42.5 Å². The van der Waals surface area contributed by atoms with Crippen molar-refractivity contribution in [2.75, 3.05) is 19.0 Å². The van der Waals surface area contributed by atoms with Crippen LogP contribution in [0.2, 0.25) is 0 Å². The molecule has 0 aliphatic heterocycles. The number of anilines is 1. The minimum Gasteiger partial charge on any atom is -0.494 e. The lowest BCUT2D eigenvalue weighted by molar-refractivity contribution is -0.384. The lowest BCUT2D eigenvalue weighted by atomic mass is 10.2. The molecule has 2 aromatic rings. The molecule has 1 amide bonds. The first kappa shape index (κ1) is 20.7. The van der Waals surface area contributed by atoms with Crippen LogP contribution in [-0.4, -0.2) is 36.6 Å². The van der Waals surface area contributed by atoms with Crippen LogP contribution < -0.4 is 14.8 Å². The van der Waals surface area contributed by atoms with Crippen molar-refractivity contribution in [3.63, 3.8) is 0 Å². The maximum atomic E-state index is 12.0. The summed E-state index contributed by atoms with van der Waals surface area (Å²) in [7, 11) is 1.32. The number of amides is 1. The number of nitro benzene ring substituents is 1. The molecule has 2 aromatic carbocycles. The number of ether oxygens (including phenoxy) is 3. The van der Waals surface area contributed by atoms with Gasteiger partial charge in [-0.2, -0.15) is 0 Å². The van der Waals surface area contributed by atoms with Crippen molar-refractivity contribution >= 4 is 23.3 Å². The van der Waals surface area contributed by atoms with Gasteiger partial charge in [0.1, 0.15) is 11.5 Å². The lowest BCUT2D eigenvalue weighted by Crippen LogP contribution is -2.29. The van der Waals surface area contributed by atoms with E-state index in [4.69, 9.17) is 14.2 Å². The standard InChI is InChI=1S/C19H20N2O7/c1-12-5-4-6-15(9-12)28-13(2)19(23)27-11-18(22)20-16-8-7-14(21(24)25)10-17(16)26-3/h4-10,13H,11H2,1-3H3,(H,20,22)/t13-/m1/s1. The summed E-state index contributed by atoms with van der Waals surface area (Å²) in [5, 5.41) is 13.3. The first-order valence-corrected chi connectivity index (χ1v) is 8.32. The molecule has 0 fully saturated rings. The van der Waals surface area contributed by atoms with Gasteiger partial charge in [-0.15, -0.1) is 0 Å². The fraction of sp³-hybridized carbons (Fsp3) is 0.263. The third-order valence-corrected chi connectivity index (χ3v) is 3.65. The molecule has 0 spiro atoms. The van der Waals surface area contributed by atoms with Gasteiger partial charge in [-0.25, -0.2) is 4.79 Å². The highest BCUT2D eigenvalue weighted by molar-refractivity contribution is 5.94. The molecule has 0 aliphatic rings.